The van der Waals surface area contributed by atoms with Crippen LogP contribution in [0.5, 0.6) is 0 Å². The molecule has 0 saturated carbocycles. The summed E-state index contributed by atoms with van der Waals surface area (Å²) in [5.41, 5.74) is 4.40. The van der Waals surface area contributed by atoms with Gasteiger partial charge >= 0.3 is 0 Å². The van der Waals surface area contributed by atoms with E-state index in [0.29, 0.717) is 17.1 Å². The molecule has 0 aliphatic rings. The zero-order valence-electron chi connectivity index (χ0n) is 24.9. The Bertz CT molecular complexity index is 2630. The third-order valence-electron chi connectivity index (χ3n) is 8.22. The van der Waals surface area contributed by atoms with Gasteiger partial charge in [0.05, 0.1) is 22.8 Å². The van der Waals surface area contributed by atoms with E-state index in [1.54, 1.807) is 17.4 Å². The van der Waals surface area contributed by atoms with Crippen LogP contribution in [0.4, 0.5) is 30.8 Å². The third kappa shape index (κ3) is 4.76. The lowest BCUT2D eigenvalue weighted by molar-refractivity contribution is 0.592. The summed E-state index contributed by atoms with van der Waals surface area (Å²) in [5.74, 6) is -2.00. The van der Waals surface area contributed by atoms with Crippen LogP contribution in [0.1, 0.15) is 11.1 Å². The molecule has 0 amide bonds. The molecule has 0 aliphatic carbocycles. The lowest BCUT2D eigenvalue weighted by Gasteiger charge is -2.24. The first-order valence-electron chi connectivity index (χ1n) is 14.7. The summed E-state index contributed by atoms with van der Waals surface area (Å²) in [4.78, 5) is 33.1. The normalized spacial score (nSPS) is 12.1. The Morgan fingerprint density at radius 2 is 1.34 bits per heavy atom. The van der Waals surface area contributed by atoms with Crippen LogP contribution in [-0.4, -0.2) is 8.75 Å². The molecule has 47 heavy (non-hydrogen) atoms. The van der Waals surface area contributed by atoms with Crippen molar-refractivity contribution in [2.75, 3.05) is 4.90 Å². The van der Waals surface area contributed by atoms with Gasteiger partial charge in [-0.2, -0.15) is 8.75 Å². The van der Waals surface area contributed by atoms with Crippen LogP contribution in [0, 0.1) is 25.5 Å². The number of hydrogen-bond acceptors (Lipinski definition) is 8. The van der Waals surface area contributed by atoms with Gasteiger partial charge in [0.1, 0.15) is 33.0 Å². The minimum atomic E-state index is -1.09. The summed E-state index contributed by atoms with van der Waals surface area (Å²) in [6, 6.07) is 30.2. The maximum Gasteiger partial charge on any atom is 0.252 e. The van der Waals surface area contributed by atoms with Crippen molar-refractivity contribution >= 4 is 77.7 Å². The molecule has 6 nitrogen and oxygen atoms in total. The molecule has 228 valence electrons. The Labute approximate surface area is 274 Å². The van der Waals surface area contributed by atoms with Crippen LogP contribution in [0.3, 0.4) is 0 Å². The monoisotopic (exact) mass is 656 g/mol. The number of halogens is 2. The largest absolute Gasteiger partial charge is 0.301 e. The van der Waals surface area contributed by atoms with Crippen LogP contribution >= 0.6 is 23.1 Å². The highest BCUT2D eigenvalue weighted by Gasteiger charge is 2.23. The van der Waals surface area contributed by atoms with Crippen LogP contribution in [-0.2, 0) is 0 Å². The molecule has 8 rings (SSSR count). The SMILES string of the molecule is Cc1ccc(N(c2ccc(C)cc2)c2sc(-c3ccc(N=c4c(=O)c(=O)c5c(F)cc(F)cc45)c4nsnc34)c3ccccc23)cc1. The highest BCUT2D eigenvalue weighted by molar-refractivity contribution is 7.21. The number of nitrogens with zero attached hydrogens (tertiary/aromatic N) is 4. The fraction of sp³-hybridized carbons (Fsp3) is 0.0541. The standard InChI is InChI=1S/C37H22F2N4O2S2/c1-19-7-11-22(12-8-19)43(23-13-9-20(2)10-14-23)37-25-6-4-3-5-24(25)36(46-37)26-15-16-29(33-31(26)41-47-42-33)40-32-27-17-21(38)18-28(39)30(27)34(44)35(32)45/h3-18H,1-2H3. The topological polar surface area (TPSA) is 75.5 Å². The molecule has 2 heterocycles. The second kappa shape index (κ2) is 11.1. The van der Waals surface area contributed by atoms with Gasteiger partial charge in [0.2, 0.25) is 5.43 Å². The lowest BCUT2D eigenvalue weighted by Crippen LogP contribution is -2.30. The molecule has 0 bridgehead atoms. The molecule has 0 saturated heterocycles. The number of benzene rings is 5. The van der Waals surface area contributed by atoms with E-state index in [-0.39, 0.29) is 16.4 Å². The van der Waals surface area contributed by atoms with E-state index in [4.69, 9.17) is 0 Å². The van der Waals surface area contributed by atoms with Gasteiger partial charge in [-0.25, -0.2) is 13.8 Å². The fourth-order valence-corrected chi connectivity index (χ4v) is 7.82. The quantitative estimate of drug-likeness (QED) is 0.173. The van der Waals surface area contributed by atoms with Gasteiger partial charge in [-0.15, -0.1) is 11.3 Å². The zero-order valence-corrected chi connectivity index (χ0v) is 26.5. The van der Waals surface area contributed by atoms with Crippen molar-refractivity contribution < 1.29 is 8.78 Å². The number of fused-ring (bicyclic) bond motifs is 3. The minimum Gasteiger partial charge on any atom is -0.301 e. The van der Waals surface area contributed by atoms with Crippen molar-refractivity contribution in [3.05, 3.63) is 146 Å². The predicted molar refractivity (Wildman–Crippen MR) is 186 cm³/mol. The summed E-state index contributed by atoms with van der Waals surface area (Å²) in [6.07, 6.45) is 0. The molecule has 2 aromatic heterocycles. The summed E-state index contributed by atoms with van der Waals surface area (Å²) in [6.45, 7) is 4.13. The van der Waals surface area contributed by atoms with Gasteiger partial charge in [-0.3, -0.25) is 9.59 Å². The highest BCUT2D eigenvalue weighted by atomic mass is 32.1. The molecular weight excluding hydrogens is 635 g/mol. The second-order valence-electron chi connectivity index (χ2n) is 11.3. The number of anilines is 3. The van der Waals surface area contributed by atoms with Gasteiger partial charge in [-0.1, -0.05) is 59.7 Å². The molecule has 8 aromatic rings. The lowest BCUT2D eigenvalue weighted by atomic mass is 10.1. The van der Waals surface area contributed by atoms with Crippen molar-refractivity contribution in [1.29, 1.82) is 0 Å². The summed E-state index contributed by atoms with van der Waals surface area (Å²) in [7, 11) is 0. The molecule has 0 N–H and O–H groups in total. The average molecular weight is 657 g/mol. The molecule has 0 unspecified atom stereocenters. The zero-order chi connectivity index (χ0) is 32.4. The van der Waals surface area contributed by atoms with Gasteiger partial charge in [-0.05, 0) is 56.3 Å². The van der Waals surface area contributed by atoms with Crippen LogP contribution in [0.15, 0.2) is 112 Å². The third-order valence-corrected chi connectivity index (χ3v) is 9.99. The maximum absolute atomic E-state index is 14.5. The van der Waals surface area contributed by atoms with Crippen molar-refractivity contribution in [3.63, 3.8) is 0 Å². The first kappa shape index (κ1) is 29.0. The number of thiophene rings is 1. The second-order valence-corrected chi connectivity index (χ2v) is 12.8. The van der Waals surface area contributed by atoms with Crippen molar-refractivity contribution in [2.24, 2.45) is 4.99 Å². The van der Waals surface area contributed by atoms with Gasteiger partial charge in [0, 0.05) is 44.0 Å². The van der Waals surface area contributed by atoms with Crippen molar-refractivity contribution in [2.45, 2.75) is 13.8 Å². The number of aryl methyl sites for hydroxylation is 2. The van der Waals surface area contributed by atoms with Gasteiger partial charge < -0.3 is 4.90 Å². The maximum atomic E-state index is 14.5. The molecule has 0 radical (unpaired) electrons. The van der Waals surface area contributed by atoms with E-state index in [1.165, 1.54) is 11.1 Å². The van der Waals surface area contributed by atoms with Crippen molar-refractivity contribution in [3.8, 4) is 10.4 Å². The molecule has 0 fully saturated rings. The highest BCUT2D eigenvalue weighted by Crippen LogP contribution is 2.50. The molecule has 0 spiro atoms. The summed E-state index contributed by atoms with van der Waals surface area (Å²) < 4.78 is 37.7. The van der Waals surface area contributed by atoms with Crippen LogP contribution < -0.4 is 21.1 Å². The smallest absolute Gasteiger partial charge is 0.252 e. The summed E-state index contributed by atoms with van der Waals surface area (Å²) in [5, 5.41) is 2.16. The van der Waals surface area contributed by atoms with Gasteiger partial charge in [0.25, 0.3) is 5.43 Å². The Kier molecular flexibility index (Phi) is 6.85. The number of rotatable bonds is 5. The van der Waals surface area contributed by atoms with Crippen LogP contribution in [0.2, 0.25) is 0 Å². The molecular formula is C37H22F2N4O2S2. The Balaban J connectivity index is 1.34. The first-order valence-corrected chi connectivity index (χ1v) is 16.2. The number of hydrogen-bond donors (Lipinski definition) is 0. The average Bonchev–Trinajstić information content (AvgIpc) is 3.76. The Morgan fingerprint density at radius 1 is 0.702 bits per heavy atom. The van der Waals surface area contributed by atoms with Crippen LogP contribution in [0.25, 0.3) is 43.0 Å². The first-order chi connectivity index (χ1) is 22.8. The van der Waals surface area contributed by atoms with E-state index in [9.17, 15) is 18.4 Å². The minimum absolute atomic E-state index is 0.167. The fourth-order valence-electron chi connectivity index (χ4n) is 5.90. The molecule has 0 atom stereocenters. The van der Waals surface area contributed by atoms with E-state index in [0.717, 1.165) is 55.4 Å². The van der Waals surface area contributed by atoms with Crippen molar-refractivity contribution in [1.82, 2.24) is 8.75 Å². The number of aromatic nitrogens is 2. The molecule has 10 heteroatoms. The van der Waals surface area contributed by atoms with E-state index in [1.807, 2.05) is 18.2 Å². The summed E-state index contributed by atoms with van der Waals surface area (Å²) >= 11 is 2.62. The Hall–Kier alpha value is -5.45. The van der Waals surface area contributed by atoms with E-state index < -0.39 is 27.9 Å². The predicted octanol–water partition coefficient (Wildman–Crippen LogP) is 8.92. The van der Waals surface area contributed by atoms with E-state index in [2.05, 4.69) is 93.2 Å². The van der Waals surface area contributed by atoms with Gasteiger partial charge in [0.15, 0.2) is 0 Å². The van der Waals surface area contributed by atoms with E-state index >= 15 is 0 Å². The molecule has 0 aliphatic heterocycles. The molecule has 6 aromatic carbocycles. The Morgan fingerprint density at radius 3 is 2.02 bits per heavy atom.